The minimum Gasteiger partial charge on any atom is -0.467 e. The van der Waals surface area contributed by atoms with Crippen molar-refractivity contribution in [1.29, 1.82) is 0 Å². The summed E-state index contributed by atoms with van der Waals surface area (Å²) in [6.07, 6.45) is -1.30. The summed E-state index contributed by atoms with van der Waals surface area (Å²) in [6.45, 7) is 2.12. The van der Waals surface area contributed by atoms with Crippen LogP contribution in [0.3, 0.4) is 0 Å². The van der Waals surface area contributed by atoms with Crippen molar-refractivity contribution in [2.45, 2.75) is 25.1 Å². The predicted octanol–water partition coefficient (Wildman–Crippen LogP) is 4.33. The third kappa shape index (κ3) is 4.66. The number of nitrogens with one attached hydrogen (secondary N) is 1. The Balaban J connectivity index is 1.95. The number of methoxy groups -OCH3 is 1. The number of hydrogen-bond donors (Lipinski definition) is 2. The number of benzene rings is 3. The Bertz CT molecular complexity index is 896. The largest absolute Gasteiger partial charge is 0.467 e. The minimum atomic E-state index is -1.30. The quantitative estimate of drug-likeness (QED) is 0.604. The van der Waals surface area contributed by atoms with Gasteiger partial charge in [-0.25, -0.2) is 4.79 Å². The zero-order valence-electron chi connectivity index (χ0n) is 16.1. The molecule has 0 fully saturated rings. The first kappa shape index (κ1) is 19.8. The third-order valence-electron chi connectivity index (χ3n) is 4.83. The zero-order chi connectivity index (χ0) is 19.9. The van der Waals surface area contributed by atoms with Crippen molar-refractivity contribution in [2.75, 3.05) is 7.11 Å². The molecule has 0 aromatic heterocycles. The fourth-order valence-electron chi connectivity index (χ4n) is 3.27. The van der Waals surface area contributed by atoms with E-state index < -0.39 is 12.1 Å². The van der Waals surface area contributed by atoms with Gasteiger partial charge in [0, 0.05) is 6.04 Å². The van der Waals surface area contributed by atoms with Gasteiger partial charge >= 0.3 is 5.97 Å². The number of rotatable bonds is 7. The van der Waals surface area contributed by atoms with E-state index in [9.17, 15) is 9.90 Å². The first-order chi connectivity index (χ1) is 13.6. The first-order valence-electron chi connectivity index (χ1n) is 9.32. The van der Waals surface area contributed by atoms with Crippen LogP contribution in [-0.4, -0.2) is 18.2 Å². The molecule has 144 valence electrons. The van der Waals surface area contributed by atoms with Crippen molar-refractivity contribution in [2.24, 2.45) is 0 Å². The number of aliphatic hydroxyl groups is 1. The second-order valence-electron chi connectivity index (χ2n) is 6.74. The molecule has 0 aliphatic heterocycles. The van der Waals surface area contributed by atoms with Crippen LogP contribution in [0.25, 0.3) is 0 Å². The van der Waals surface area contributed by atoms with Crippen LogP contribution in [0.1, 0.15) is 47.4 Å². The summed E-state index contributed by atoms with van der Waals surface area (Å²) in [5, 5.41) is 13.9. The molecule has 2 unspecified atom stereocenters. The number of hydrogen-bond acceptors (Lipinski definition) is 4. The highest BCUT2D eigenvalue weighted by molar-refractivity contribution is 5.76. The summed E-state index contributed by atoms with van der Waals surface area (Å²) in [6, 6.07) is 27.8. The highest BCUT2D eigenvalue weighted by atomic mass is 16.5. The van der Waals surface area contributed by atoms with Gasteiger partial charge in [0.25, 0.3) is 0 Å². The third-order valence-corrected chi connectivity index (χ3v) is 4.83. The maximum absolute atomic E-state index is 11.7. The molecule has 0 aliphatic carbocycles. The SMILES string of the molecule is COC(=O)C(O)c1cccc(C(N[C@H](C)c2ccccc2)c2ccccc2)c1. The van der Waals surface area contributed by atoms with E-state index in [0.29, 0.717) is 5.56 Å². The van der Waals surface area contributed by atoms with Gasteiger partial charge in [-0.15, -0.1) is 0 Å². The Kier molecular flexibility index (Phi) is 6.58. The lowest BCUT2D eigenvalue weighted by atomic mass is 9.94. The van der Waals surface area contributed by atoms with Crippen molar-refractivity contribution in [1.82, 2.24) is 5.32 Å². The van der Waals surface area contributed by atoms with Crippen LogP contribution in [0.4, 0.5) is 0 Å². The lowest BCUT2D eigenvalue weighted by Gasteiger charge is -2.25. The molecule has 28 heavy (non-hydrogen) atoms. The predicted molar refractivity (Wildman–Crippen MR) is 110 cm³/mol. The van der Waals surface area contributed by atoms with Crippen LogP contribution in [0.15, 0.2) is 84.9 Å². The van der Waals surface area contributed by atoms with Crippen LogP contribution >= 0.6 is 0 Å². The monoisotopic (exact) mass is 375 g/mol. The lowest BCUT2D eigenvalue weighted by molar-refractivity contribution is -0.150. The van der Waals surface area contributed by atoms with E-state index in [1.807, 2.05) is 54.6 Å². The van der Waals surface area contributed by atoms with Gasteiger partial charge in [0.15, 0.2) is 6.10 Å². The molecule has 3 aromatic carbocycles. The molecule has 0 saturated carbocycles. The summed E-state index contributed by atoms with van der Waals surface area (Å²) in [5.74, 6) is -0.668. The molecule has 4 heteroatoms. The molecule has 0 saturated heterocycles. The van der Waals surface area contributed by atoms with Gasteiger partial charge in [-0.3, -0.25) is 5.32 Å². The van der Waals surface area contributed by atoms with E-state index in [2.05, 4.69) is 41.2 Å². The minimum absolute atomic E-state index is 0.0961. The van der Waals surface area contributed by atoms with Gasteiger partial charge in [0.2, 0.25) is 0 Å². The fourth-order valence-corrected chi connectivity index (χ4v) is 3.27. The first-order valence-corrected chi connectivity index (χ1v) is 9.32. The molecule has 4 nitrogen and oxygen atoms in total. The van der Waals surface area contributed by atoms with Crippen molar-refractivity contribution < 1.29 is 14.6 Å². The molecular formula is C24H25NO3. The second kappa shape index (κ2) is 9.31. The van der Waals surface area contributed by atoms with Gasteiger partial charge in [-0.2, -0.15) is 0 Å². The summed E-state index contributed by atoms with van der Waals surface area (Å²) in [7, 11) is 1.27. The van der Waals surface area contributed by atoms with Crippen molar-refractivity contribution in [3.63, 3.8) is 0 Å². The van der Waals surface area contributed by atoms with Crippen molar-refractivity contribution in [3.8, 4) is 0 Å². The molecule has 0 heterocycles. The molecular weight excluding hydrogens is 350 g/mol. The van der Waals surface area contributed by atoms with E-state index in [0.717, 1.165) is 11.1 Å². The van der Waals surface area contributed by atoms with Gasteiger partial charge in [-0.1, -0.05) is 84.9 Å². The standard InChI is InChI=1S/C24H25NO3/c1-17(18-10-5-3-6-11-18)25-22(19-12-7-4-8-13-19)20-14-9-15-21(16-20)23(26)24(27)28-2/h3-17,22-23,25-26H,1-2H3/t17-,22?,23?/m1/s1. The molecule has 3 rings (SSSR count). The van der Waals surface area contributed by atoms with Gasteiger partial charge in [0.1, 0.15) is 0 Å². The van der Waals surface area contributed by atoms with Gasteiger partial charge < -0.3 is 9.84 Å². The van der Waals surface area contributed by atoms with E-state index in [1.165, 1.54) is 12.7 Å². The molecule has 0 aliphatic rings. The van der Waals surface area contributed by atoms with E-state index >= 15 is 0 Å². The number of carbonyl (C=O) groups excluding carboxylic acids is 1. The highest BCUT2D eigenvalue weighted by Gasteiger charge is 2.21. The Hall–Kier alpha value is -2.95. The van der Waals surface area contributed by atoms with Gasteiger partial charge in [-0.05, 0) is 29.2 Å². The van der Waals surface area contributed by atoms with Crippen LogP contribution in [-0.2, 0) is 9.53 Å². The summed E-state index contributed by atoms with van der Waals surface area (Å²) in [4.78, 5) is 11.7. The summed E-state index contributed by atoms with van der Waals surface area (Å²) in [5.41, 5.74) is 3.78. The summed E-state index contributed by atoms with van der Waals surface area (Å²) >= 11 is 0. The topological polar surface area (TPSA) is 58.6 Å². The number of carbonyl (C=O) groups is 1. The average Bonchev–Trinajstić information content (AvgIpc) is 2.77. The van der Waals surface area contributed by atoms with E-state index in [-0.39, 0.29) is 12.1 Å². The van der Waals surface area contributed by atoms with E-state index in [4.69, 9.17) is 0 Å². The van der Waals surface area contributed by atoms with Crippen LogP contribution in [0.2, 0.25) is 0 Å². The Morgan fingerprint density at radius 1 is 0.821 bits per heavy atom. The molecule has 2 N–H and O–H groups in total. The lowest BCUT2D eigenvalue weighted by Crippen LogP contribution is -2.26. The zero-order valence-corrected chi connectivity index (χ0v) is 16.1. The number of ether oxygens (including phenoxy) is 1. The van der Waals surface area contributed by atoms with Crippen LogP contribution in [0, 0.1) is 0 Å². The van der Waals surface area contributed by atoms with Gasteiger partial charge in [0.05, 0.1) is 13.2 Å². The van der Waals surface area contributed by atoms with Crippen molar-refractivity contribution >= 4 is 5.97 Å². The molecule has 3 aromatic rings. The Morgan fingerprint density at radius 3 is 1.96 bits per heavy atom. The molecule has 0 bridgehead atoms. The van der Waals surface area contributed by atoms with Crippen molar-refractivity contribution in [3.05, 3.63) is 107 Å². The molecule has 0 amide bonds. The van der Waals surface area contributed by atoms with Crippen LogP contribution in [0.5, 0.6) is 0 Å². The smallest absolute Gasteiger partial charge is 0.339 e. The normalized spacial score (nSPS) is 14.1. The van der Waals surface area contributed by atoms with Crippen LogP contribution < -0.4 is 5.32 Å². The second-order valence-corrected chi connectivity index (χ2v) is 6.74. The molecule has 3 atom stereocenters. The molecule has 0 spiro atoms. The fraction of sp³-hybridized carbons (Fsp3) is 0.208. The highest BCUT2D eigenvalue weighted by Crippen LogP contribution is 2.28. The molecule has 0 radical (unpaired) electrons. The maximum Gasteiger partial charge on any atom is 0.339 e. The van der Waals surface area contributed by atoms with E-state index in [1.54, 1.807) is 6.07 Å². The Labute approximate surface area is 165 Å². The Morgan fingerprint density at radius 2 is 1.36 bits per heavy atom. The maximum atomic E-state index is 11.7. The average molecular weight is 375 g/mol. The summed E-state index contributed by atoms with van der Waals surface area (Å²) < 4.78 is 4.67. The number of aliphatic hydroxyl groups excluding tert-OH is 1. The number of esters is 1.